The Morgan fingerprint density at radius 1 is 1.20 bits per heavy atom. The number of nitrogens with zero attached hydrogens (tertiary/aromatic N) is 1. The van der Waals surface area contributed by atoms with E-state index < -0.39 is 5.91 Å². The molecule has 0 spiro atoms. The molecule has 2 aliphatic rings. The molecule has 114 valence electrons. The number of nitrogens with two attached hydrogens (primary N) is 1. The van der Waals surface area contributed by atoms with Gasteiger partial charge < -0.3 is 16.0 Å². The predicted molar refractivity (Wildman–Crippen MR) is 77.9 cm³/mol. The molecule has 1 unspecified atom stereocenters. The summed E-state index contributed by atoms with van der Waals surface area (Å²) < 4.78 is 0. The van der Waals surface area contributed by atoms with Crippen LogP contribution in [0.3, 0.4) is 0 Å². The van der Waals surface area contributed by atoms with Gasteiger partial charge in [-0.15, -0.1) is 0 Å². The summed E-state index contributed by atoms with van der Waals surface area (Å²) in [5, 5.41) is 3.31. The first kappa shape index (κ1) is 15.3. The minimum absolute atomic E-state index is 0.0667. The Morgan fingerprint density at radius 2 is 1.90 bits per heavy atom. The number of carbonyl (C=O) groups excluding carboxylic acids is 2. The lowest BCUT2D eigenvalue weighted by Gasteiger charge is -2.37. The van der Waals surface area contributed by atoms with Crippen LogP contribution in [0, 0.1) is 11.8 Å². The summed E-state index contributed by atoms with van der Waals surface area (Å²) in [7, 11) is 0. The van der Waals surface area contributed by atoms with Crippen molar-refractivity contribution >= 4 is 11.8 Å². The van der Waals surface area contributed by atoms with Crippen LogP contribution in [-0.4, -0.2) is 42.4 Å². The van der Waals surface area contributed by atoms with Crippen LogP contribution >= 0.6 is 0 Å². The summed E-state index contributed by atoms with van der Waals surface area (Å²) in [6, 6.07) is 0.128. The van der Waals surface area contributed by atoms with Gasteiger partial charge in [-0.05, 0) is 51.0 Å². The summed E-state index contributed by atoms with van der Waals surface area (Å²) in [4.78, 5) is 25.8. The molecule has 2 rings (SSSR count). The van der Waals surface area contributed by atoms with Gasteiger partial charge in [-0.3, -0.25) is 9.59 Å². The van der Waals surface area contributed by atoms with Crippen LogP contribution < -0.4 is 11.1 Å². The molecule has 0 aromatic heterocycles. The average molecular weight is 281 g/mol. The first-order valence-corrected chi connectivity index (χ1v) is 7.87. The highest BCUT2D eigenvalue weighted by atomic mass is 16.2. The van der Waals surface area contributed by atoms with Gasteiger partial charge in [0.2, 0.25) is 11.8 Å². The maximum Gasteiger partial charge on any atom is 0.237 e. The molecule has 1 aliphatic carbocycles. The second-order valence-electron chi connectivity index (χ2n) is 6.39. The van der Waals surface area contributed by atoms with Gasteiger partial charge in [0.1, 0.15) is 0 Å². The molecule has 0 aromatic carbocycles. The summed E-state index contributed by atoms with van der Waals surface area (Å²) >= 11 is 0. The fourth-order valence-electron chi connectivity index (χ4n) is 3.40. The van der Waals surface area contributed by atoms with Gasteiger partial charge in [0.15, 0.2) is 0 Å². The third-order valence-corrected chi connectivity index (χ3v) is 4.69. The zero-order valence-corrected chi connectivity index (χ0v) is 12.4. The minimum Gasteiger partial charge on any atom is -0.368 e. The van der Waals surface area contributed by atoms with Crippen LogP contribution in [0.1, 0.15) is 45.4 Å². The van der Waals surface area contributed by atoms with Crippen molar-refractivity contribution in [2.75, 3.05) is 19.6 Å². The number of hydrogen-bond donors (Lipinski definition) is 2. The lowest BCUT2D eigenvalue weighted by molar-refractivity contribution is -0.142. The molecule has 20 heavy (non-hydrogen) atoms. The van der Waals surface area contributed by atoms with E-state index in [0.717, 1.165) is 57.5 Å². The Balaban J connectivity index is 2.01. The number of piperidine rings is 1. The zero-order valence-electron chi connectivity index (χ0n) is 12.4. The lowest BCUT2D eigenvalue weighted by atomic mass is 9.82. The number of amides is 2. The summed E-state index contributed by atoms with van der Waals surface area (Å²) in [6.45, 7) is 4.09. The van der Waals surface area contributed by atoms with Crippen molar-refractivity contribution in [2.45, 2.75) is 51.5 Å². The SMILES string of the molecule is CC1CCC(C(=O)N(CC(N)=O)C2CCCNC2)CC1. The van der Waals surface area contributed by atoms with Crippen LogP contribution in [-0.2, 0) is 9.59 Å². The average Bonchev–Trinajstić information content (AvgIpc) is 2.45. The van der Waals surface area contributed by atoms with Crippen molar-refractivity contribution < 1.29 is 9.59 Å². The third-order valence-electron chi connectivity index (χ3n) is 4.69. The molecule has 0 aromatic rings. The van der Waals surface area contributed by atoms with Crippen LogP contribution in [0.2, 0.25) is 0 Å². The molecule has 0 bridgehead atoms. The molecule has 3 N–H and O–H groups in total. The standard InChI is InChI=1S/C15H27N3O2/c1-11-4-6-12(7-5-11)15(20)18(10-14(16)19)13-3-2-8-17-9-13/h11-13,17H,2-10H2,1H3,(H2,16,19). The maximum atomic E-state index is 12.7. The smallest absolute Gasteiger partial charge is 0.237 e. The zero-order chi connectivity index (χ0) is 14.5. The van der Waals surface area contributed by atoms with Gasteiger partial charge in [-0.1, -0.05) is 6.92 Å². The summed E-state index contributed by atoms with van der Waals surface area (Å²) in [6.07, 6.45) is 6.16. The number of nitrogens with one attached hydrogen (secondary N) is 1. The number of carbonyl (C=O) groups is 2. The Labute approximate surface area is 121 Å². The van der Waals surface area contributed by atoms with Crippen molar-refractivity contribution in [3.05, 3.63) is 0 Å². The van der Waals surface area contributed by atoms with E-state index in [-0.39, 0.29) is 24.4 Å². The molecule has 0 radical (unpaired) electrons. The topological polar surface area (TPSA) is 75.4 Å². The highest BCUT2D eigenvalue weighted by Gasteiger charge is 2.33. The fraction of sp³-hybridized carbons (Fsp3) is 0.867. The van der Waals surface area contributed by atoms with E-state index in [4.69, 9.17) is 5.73 Å². The van der Waals surface area contributed by atoms with Crippen LogP contribution in [0.5, 0.6) is 0 Å². The maximum absolute atomic E-state index is 12.7. The third kappa shape index (κ3) is 3.95. The number of hydrogen-bond acceptors (Lipinski definition) is 3. The quantitative estimate of drug-likeness (QED) is 0.803. The van der Waals surface area contributed by atoms with Gasteiger partial charge in [0.05, 0.1) is 6.54 Å². The highest BCUT2D eigenvalue weighted by Crippen LogP contribution is 2.30. The van der Waals surface area contributed by atoms with Crippen molar-refractivity contribution in [1.29, 1.82) is 0 Å². The predicted octanol–water partition coefficient (Wildman–Crippen LogP) is 0.879. The first-order valence-electron chi connectivity index (χ1n) is 7.87. The van der Waals surface area contributed by atoms with Crippen molar-refractivity contribution in [3.8, 4) is 0 Å². The van der Waals surface area contributed by atoms with Crippen molar-refractivity contribution in [2.24, 2.45) is 17.6 Å². The van der Waals surface area contributed by atoms with E-state index in [1.807, 2.05) is 0 Å². The van der Waals surface area contributed by atoms with Gasteiger partial charge in [-0.2, -0.15) is 0 Å². The van der Waals surface area contributed by atoms with Crippen LogP contribution in [0.15, 0.2) is 0 Å². The molecule has 5 nitrogen and oxygen atoms in total. The van der Waals surface area contributed by atoms with Gasteiger partial charge in [-0.25, -0.2) is 0 Å². The van der Waals surface area contributed by atoms with Crippen molar-refractivity contribution in [3.63, 3.8) is 0 Å². The Bertz CT molecular complexity index is 345. The van der Waals surface area contributed by atoms with Crippen molar-refractivity contribution in [1.82, 2.24) is 10.2 Å². The molecule has 2 fully saturated rings. The molecule has 1 saturated heterocycles. The van der Waals surface area contributed by atoms with E-state index in [1.165, 1.54) is 0 Å². The largest absolute Gasteiger partial charge is 0.368 e. The van der Waals surface area contributed by atoms with Crippen LogP contribution in [0.25, 0.3) is 0 Å². The van der Waals surface area contributed by atoms with E-state index in [9.17, 15) is 9.59 Å². The fourth-order valence-corrected chi connectivity index (χ4v) is 3.40. The van der Waals surface area contributed by atoms with Crippen LogP contribution in [0.4, 0.5) is 0 Å². The summed E-state index contributed by atoms with van der Waals surface area (Å²) in [5.74, 6) is 0.546. The molecular weight excluding hydrogens is 254 g/mol. The number of rotatable bonds is 4. The minimum atomic E-state index is -0.409. The first-order chi connectivity index (χ1) is 9.58. The summed E-state index contributed by atoms with van der Waals surface area (Å²) in [5.41, 5.74) is 5.34. The Morgan fingerprint density at radius 3 is 2.45 bits per heavy atom. The second kappa shape index (κ2) is 7.07. The van der Waals surface area contributed by atoms with Gasteiger partial charge in [0.25, 0.3) is 0 Å². The Kier molecular flexibility index (Phi) is 5.40. The monoisotopic (exact) mass is 281 g/mol. The molecular formula is C15H27N3O2. The normalized spacial score (nSPS) is 30.8. The highest BCUT2D eigenvalue weighted by molar-refractivity contribution is 5.85. The number of primary amides is 1. The van der Waals surface area contributed by atoms with E-state index >= 15 is 0 Å². The van der Waals surface area contributed by atoms with E-state index in [1.54, 1.807) is 4.90 Å². The van der Waals surface area contributed by atoms with E-state index in [2.05, 4.69) is 12.2 Å². The molecule has 1 aliphatic heterocycles. The molecule has 5 heteroatoms. The van der Waals surface area contributed by atoms with E-state index in [0.29, 0.717) is 0 Å². The molecule has 1 heterocycles. The Hall–Kier alpha value is -1.10. The molecule has 2 amide bonds. The molecule has 1 atom stereocenters. The van der Waals surface area contributed by atoms with Gasteiger partial charge >= 0.3 is 0 Å². The molecule has 1 saturated carbocycles. The van der Waals surface area contributed by atoms with Gasteiger partial charge in [0, 0.05) is 18.5 Å². The lowest BCUT2D eigenvalue weighted by Crippen LogP contribution is -2.53. The second-order valence-corrected chi connectivity index (χ2v) is 6.39.